The third kappa shape index (κ3) is 11.1. The van der Waals surface area contributed by atoms with Gasteiger partial charge in [0.2, 0.25) is 11.5 Å². The number of H-pyrrole nitrogens is 1. The number of anilines is 2. The Labute approximate surface area is 359 Å². The number of carbonyl (C=O) groups is 3. The number of rotatable bonds is 16. The van der Waals surface area contributed by atoms with E-state index in [1.54, 1.807) is 30.3 Å². The molecule has 1 saturated heterocycles. The molecule has 0 spiro atoms. The normalized spacial score (nSPS) is 14.2. The van der Waals surface area contributed by atoms with Gasteiger partial charge in [-0.2, -0.15) is 0 Å². The number of aliphatic hydroxyl groups excluding tert-OH is 1. The number of para-hydroxylation sites is 1. The molecule has 62 heavy (non-hydrogen) atoms. The Morgan fingerprint density at radius 3 is 2.39 bits per heavy atom. The topological polar surface area (TPSA) is 196 Å². The molecule has 1 unspecified atom stereocenters. The number of nitrogens with one attached hydrogen (secondary N) is 5. The average Bonchev–Trinajstić information content (AvgIpc) is 3.27. The molecule has 5 aromatic carbocycles. The Hall–Kier alpha value is -6.80. The molecule has 0 radical (unpaired) electrons. The summed E-state index contributed by atoms with van der Waals surface area (Å²) in [4.78, 5) is 54.7. The van der Waals surface area contributed by atoms with Crippen LogP contribution in [-0.4, -0.2) is 75.3 Å². The van der Waals surface area contributed by atoms with E-state index < -0.39 is 12.2 Å². The molecule has 0 aliphatic carbocycles. The van der Waals surface area contributed by atoms with Crippen molar-refractivity contribution in [3.05, 3.63) is 159 Å². The van der Waals surface area contributed by atoms with Gasteiger partial charge in [-0.25, -0.2) is 4.79 Å². The number of carboxylic acid groups (broad SMARTS) is 1. The van der Waals surface area contributed by atoms with Gasteiger partial charge in [-0.15, -0.1) is 0 Å². The number of aromatic hydroxyl groups is 1. The number of hydrogen-bond donors (Lipinski definition) is 8. The van der Waals surface area contributed by atoms with Gasteiger partial charge in [0, 0.05) is 60.4 Å². The molecule has 3 amide bonds. The predicted molar refractivity (Wildman–Crippen MR) is 242 cm³/mol. The third-order valence-corrected chi connectivity index (χ3v) is 11.4. The van der Waals surface area contributed by atoms with Crippen LogP contribution in [0.2, 0.25) is 0 Å². The second kappa shape index (κ2) is 20.2. The summed E-state index contributed by atoms with van der Waals surface area (Å²) in [6.45, 7) is 4.75. The minimum atomic E-state index is -1.09. The zero-order valence-electron chi connectivity index (χ0n) is 34.6. The van der Waals surface area contributed by atoms with Crippen LogP contribution in [0.3, 0.4) is 0 Å². The highest BCUT2D eigenvalue weighted by atomic mass is 16.4. The highest BCUT2D eigenvalue weighted by Crippen LogP contribution is 2.39. The molecule has 13 nitrogen and oxygen atoms in total. The molecule has 1 aromatic heterocycles. The van der Waals surface area contributed by atoms with E-state index in [1.807, 2.05) is 85.8 Å². The first kappa shape index (κ1) is 43.3. The third-order valence-electron chi connectivity index (χ3n) is 11.4. The van der Waals surface area contributed by atoms with Crippen molar-refractivity contribution in [3.63, 3.8) is 0 Å². The van der Waals surface area contributed by atoms with Gasteiger partial charge in [0.1, 0.15) is 5.75 Å². The summed E-state index contributed by atoms with van der Waals surface area (Å²) in [6, 6.07) is 36.5. The number of likely N-dealkylation sites (tertiary alicyclic amines) is 1. The Bertz CT molecular complexity index is 2590. The summed E-state index contributed by atoms with van der Waals surface area (Å²) in [6.07, 6.45) is 0.691. The lowest BCUT2D eigenvalue weighted by atomic mass is 9.86. The highest BCUT2D eigenvalue weighted by molar-refractivity contribution is 6.04. The molecule has 2 heterocycles. The van der Waals surface area contributed by atoms with Crippen molar-refractivity contribution >= 4 is 40.2 Å². The van der Waals surface area contributed by atoms with E-state index in [-0.39, 0.29) is 53.7 Å². The van der Waals surface area contributed by atoms with E-state index in [4.69, 9.17) is 0 Å². The van der Waals surface area contributed by atoms with E-state index in [0.29, 0.717) is 47.3 Å². The monoisotopic (exact) mass is 836 g/mol. The highest BCUT2D eigenvalue weighted by Gasteiger charge is 2.25. The summed E-state index contributed by atoms with van der Waals surface area (Å²) in [5.74, 6) is -0.221. The van der Waals surface area contributed by atoms with Gasteiger partial charge < -0.3 is 41.2 Å². The van der Waals surface area contributed by atoms with Crippen molar-refractivity contribution in [2.75, 3.05) is 36.8 Å². The number of phenols is 1. The number of aliphatic hydroxyl groups is 1. The Morgan fingerprint density at radius 2 is 1.60 bits per heavy atom. The largest absolute Gasteiger partial charge is 0.506 e. The summed E-state index contributed by atoms with van der Waals surface area (Å²) >= 11 is 0. The van der Waals surface area contributed by atoms with Gasteiger partial charge in [0.05, 0.1) is 17.3 Å². The number of aromatic nitrogens is 1. The van der Waals surface area contributed by atoms with E-state index in [2.05, 4.69) is 31.2 Å². The van der Waals surface area contributed by atoms with Crippen molar-refractivity contribution in [1.29, 1.82) is 0 Å². The number of hydrogen-bond acceptors (Lipinski definition) is 8. The van der Waals surface area contributed by atoms with Crippen molar-refractivity contribution in [2.24, 2.45) is 0 Å². The molecule has 13 heteroatoms. The number of amides is 3. The molecule has 1 fully saturated rings. The second-order valence-corrected chi connectivity index (χ2v) is 15.9. The van der Waals surface area contributed by atoms with Crippen LogP contribution in [0.5, 0.6) is 5.75 Å². The van der Waals surface area contributed by atoms with Crippen LogP contribution in [0.15, 0.2) is 126 Å². The van der Waals surface area contributed by atoms with Crippen molar-refractivity contribution < 1.29 is 29.7 Å². The molecule has 0 bridgehead atoms. The number of nitrogens with zero attached hydrogens (tertiary/aromatic N) is 1. The lowest BCUT2D eigenvalue weighted by Gasteiger charge is -2.33. The summed E-state index contributed by atoms with van der Waals surface area (Å²) in [5, 5.41) is 43.4. The summed E-state index contributed by atoms with van der Waals surface area (Å²) in [5.41, 5.74) is 6.87. The number of phenolic OH excluding ortho intramolecular Hbond substituents is 1. The van der Waals surface area contributed by atoms with E-state index in [1.165, 1.54) is 12.1 Å². The smallest absolute Gasteiger partial charge is 0.409 e. The number of carbonyl (C=O) groups excluding carboxylic acids is 2. The van der Waals surface area contributed by atoms with Crippen LogP contribution in [0.4, 0.5) is 16.2 Å². The number of pyridine rings is 1. The summed E-state index contributed by atoms with van der Waals surface area (Å²) in [7, 11) is 0. The molecule has 7 rings (SSSR count). The zero-order chi connectivity index (χ0) is 43.6. The maximum atomic E-state index is 13.3. The van der Waals surface area contributed by atoms with Crippen molar-refractivity contribution in [1.82, 2.24) is 20.5 Å². The minimum absolute atomic E-state index is 0.0233. The van der Waals surface area contributed by atoms with Crippen LogP contribution in [0.1, 0.15) is 70.8 Å². The Balaban J connectivity index is 0.852. The van der Waals surface area contributed by atoms with Crippen molar-refractivity contribution in [3.8, 4) is 16.9 Å². The van der Waals surface area contributed by atoms with Crippen LogP contribution in [-0.2, 0) is 17.8 Å². The lowest BCUT2D eigenvalue weighted by Crippen LogP contribution is -2.36. The fourth-order valence-corrected chi connectivity index (χ4v) is 8.23. The van der Waals surface area contributed by atoms with E-state index in [9.17, 15) is 34.5 Å². The predicted octanol–water partition coefficient (Wildman–Crippen LogP) is 7.38. The minimum Gasteiger partial charge on any atom is -0.506 e. The van der Waals surface area contributed by atoms with Crippen LogP contribution >= 0.6 is 0 Å². The summed E-state index contributed by atoms with van der Waals surface area (Å²) < 4.78 is 0. The SMILES string of the molecule is CC(Cc1cccc(NC(=O)c2cccc(CNC(=O)CCN3CCC(c4cccc(-c5ccccc5)c4NC(=O)O)CC3)c2)c1)NC[C@H](O)c1ccc(O)c2[nH]c(=O)ccc12. The average molecular weight is 837 g/mol. The zero-order valence-corrected chi connectivity index (χ0v) is 34.6. The first-order valence-electron chi connectivity index (χ1n) is 20.9. The van der Waals surface area contributed by atoms with Gasteiger partial charge >= 0.3 is 6.09 Å². The van der Waals surface area contributed by atoms with Gasteiger partial charge in [-0.1, -0.05) is 78.9 Å². The van der Waals surface area contributed by atoms with Crippen molar-refractivity contribution in [2.45, 2.75) is 57.2 Å². The van der Waals surface area contributed by atoms with E-state index in [0.717, 1.165) is 53.7 Å². The molecule has 6 aromatic rings. The molecule has 2 atom stereocenters. The Kier molecular flexibility index (Phi) is 14.1. The first-order valence-corrected chi connectivity index (χ1v) is 20.9. The first-order chi connectivity index (χ1) is 30.0. The molecular formula is C49H52N6O7. The van der Waals surface area contributed by atoms with Gasteiger partial charge in [-0.3, -0.25) is 19.7 Å². The molecule has 1 aliphatic heterocycles. The maximum Gasteiger partial charge on any atom is 0.409 e. The van der Waals surface area contributed by atoms with Gasteiger partial charge in [0.15, 0.2) is 0 Å². The number of fused-ring (bicyclic) bond motifs is 1. The maximum absolute atomic E-state index is 13.3. The molecule has 320 valence electrons. The second-order valence-electron chi connectivity index (χ2n) is 15.9. The molecular weight excluding hydrogens is 785 g/mol. The molecule has 1 aliphatic rings. The standard InChI is InChI=1S/C49H52N6O7/c1-31(50-30-43(57)40-16-18-42(56)47-41(40)17-19-45(59)53-47)26-32-8-6-13-37(28-32)52-48(60)36-12-5-9-33(27-36)29-51-44(58)22-25-55-23-20-35(21-24-55)39-15-7-14-38(46(39)54-49(61)62)34-10-3-2-4-11-34/h2-19,27-28,31,35,43,50,54,56-57H,20-26,29-30H2,1H3,(H,51,58)(H,52,60)(H,53,59)(H,61,62)/t31?,43-/m0/s1. The molecule has 8 N–H and O–H groups in total. The number of aromatic amines is 1. The van der Waals surface area contributed by atoms with Gasteiger partial charge in [0.25, 0.3) is 5.91 Å². The van der Waals surface area contributed by atoms with E-state index >= 15 is 0 Å². The fourth-order valence-electron chi connectivity index (χ4n) is 8.23. The quantitative estimate of drug-likeness (QED) is 0.0491. The van der Waals surface area contributed by atoms with Gasteiger partial charge in [-0.05, 0) is 109 Å². The lowest BCUT2D eigenvalue weighted by molar-refractivity contribution is -0.121. The fraction of sp³-hybridized carbons (Fsp3) is 0.265. The van der Waals surface area contributed by atoms with Crippen LogP contribution < -0.4 is 26.8 Å². The molecule has 0 saturated carbocycles. The number of piperidine rings is 1. The Morgan fingerprint density at radius 1 is 0.839 bits per heavy atom. The van der Waals surface area contributed by atoms with Crippen LogP contribution in [0, 0.1) is 0 Å². The number of benzene rings is 5. The van der Waals surface area contributed by atoms with Crippen LogP contribution in [0.25, 0.3) is 22.0 Å².